The summed E-state index contributed by atoms with van der Waals surface area (Å²) in [6.07, 6.45) is 4.78. The average molecular weight is 422 g/mol. The van der Waals surface area contributed by atoms with Gasteiger partial charge < -0.3 is 10.4 Å². The lowest BCUT2D eigenvalue weighted by Crippen LogP contribution is -2.31. The van der Waals surface area contributed by atoms with Crippen molar-refractivity contribution in [3.8, 4) is 11.3 Å². The van der Waals surface area contributed by atoms with Crippen LogP contribution in [0.2, 0.25) is 0 Å². The Bertz CT molecular complexity index is 1090. The van der Waals surface area contributed by atoms with Crippen molar-refractivity contribution in [3.05, 3.63) is 64.1 Å². The van der Waals surface area contributed by atoms with Crippen molar-refractivity contribution in [3.63, 3.8) is 0 Å². The molecule has 8 heteroatoms. The van der Waals surface area contributed by atoms with E-state index in [1.54, 1.807) is 6.20 Å². The van der Waals surface area contributed by atoms with Crippen LogP contribution in [0.5, 0.6) is 0 Å². The van der Waals surface area contributed by atoms with E-state index in [0.717, 1.165) is 47.3 Å². The molecular weight excluding hydrogens is 394 g/mol. The molecule has 0 saturated carbocycles. The second kappa shape index (κ2) is 9.51. The van der Waals surface area contributed by atoms with E-state index in [1.165, 1.54) is 11.3 Å². The van der Waals surface area contributed by atoms with Gasteiger partial charge in [0.25, 0.3) is 12.4 Å². The number of hydrogen-bond acceptors (Lipinski definition) is 5. The third-order valence-corrected chi connectivity index (χ3v) is 5.73. The van der Waals surface area contributed by atoms with Gasteiger partial charge in [0.1, 0.15) is 0 Å². The highest BCUT2D eigenvalue weighted by molar-refractivity contribution is 5.95. The summed E-state index contributed by atoms with van der Waals surface area (Å²) in [7, 11) is 1.98. The summed E-state index contributed by atoms with van der Waals surface area (Å²) >= 11 is 0. The van der Waals surface area contributed by atoms with Crippen LogP contribution in [0.4, 0.5) is 0 Å². The lowest BCUT2D eigenvalue weighted by Gasteiger charge is -2.24. The van der Waals surface area contributed by atoms with Gasteiger partial charge in [0, 0.05) is 29.4 Å². The Morgan fingerprint density at radius 3 is 2.58 bits per heavy atom. The maximum Gasteiger partial charge on any atom is 0.290 e. The molecule has 3 aromatic rings. The van der Waals surface area contributed by atoms with Crippen molar-refractivity contribution in [1.29, 1.82) is 0 Å². The Kier molecular flexibility index (Phi) is 6.79. The summed E-state index contributed by atoms with van der Waals surface area (Å²) in [5.74, 6) is -0.0558. The van der Waals surface area contributed by atoms with Crippen molar-refractivity contribution >= 4 is 12.4 Å². The Morgan fingerprint density at radius 1 is 1.23 bits per heavy atom. The predicted molar refractivity (Wildman–Crippen MR) is 117 cm³/mol. The van der Waals surface area contributed by atoms with Crippen LogP contribution in [0.3, 0.4) is 0 Å². The maximum atomic E-state index is 12.8. The number of benzene rings is 1. The van der Waals surface area contributed by atoms with E-state index in [-0.39, 0.29) is 18.4 Å². The minimum atomic E-state index is -0.250. The van der Waals surface area contributed by atoms with Crippen LogP contribution in [0.15, 0.2) is 30.5 Å². The molecule has 0 radical (unpaired) electrons. The van der Waals surface area contributed by atoms with Crippen molar-refractivity contribution in [1.82, 2.24) is 25.3 Å². The van der Waals surface area contributed by atoms with Crippen molar-refractivity contribution < 1.29 is 14.7 Å². The summed E-state index contributed by atoms with van der Waals surface area (Å²) < 4.78 is 1.95. The number of fused-ring (bicyclic) bond motifs is 1. The second-order valence-corrected chi connectivity index (χ2v) is 7.67. The van der Waals surface area contributed by atoms with Crippen LogP contribution in [0.25, 0.3) is 11.3 Å². The molecule has 162 valence electrons. The van der Waals surface area contributed by atoms with Gasteiger partial charge in [-0.25, -0.2) is 0 Å². The lowest BCUT2D eigenvalue weighted by molar-refractivity contribution is -0.122. The summed E-state index contributed by atoms with van der Waals surface area (Å²) in [5, 5.41) is 22.9. The van der Waals surface area contributed by atoms with Crippen LogP contribution < -0.4 is 5.32 Å². The first-order valence-corrected chi connectivity index (χ1v) is 10.2. The molecule has 1 unspecified atom stereocenters. The van der Waals surface area contributed by atoms with Gasteiger partial charge in [-0.3, -0.25) is 14.3 Å². The molecule has 1 atom stereocenters. The SMILES string of the molecule is Cc1cnnc(-c2ccc(C(=O)NC3CCCc4c3c(C)nn4C)cc2)c1C.O=CO. The lowest BCUT2D eigenvalue weighted by atomic mass is 9.90. The van der Waals surface area contributed by atoms with Gasteiger partial charge >= 0.3 is 0 Å². The molecule has 1 aliphatic carbocycles. The van der Waals surface area contributed by atoms with Gasteiger partial charge in [0.05, 0.1) is 23.6 Å². The fraction of sp³-hybridized carbons (Fsp3) is 0.348. The molecule has 0 fully saturated rings. The van der Waals surface area contributed by atoms with Gasteiger partial charge in [-0.1, -0.05) is 12.1 Å². The zero-order chi connectivity index (χ0) is 22.5. The van der Waals surface area contributed by atoms with E-state index < -0.39 is 0 Å². The Hall–Kier alpha value is -3.55. The average Bonchev–Trinajstić information content (AvgIpc) is 3.05. The van der Waals surface area contributed by atoms with Gasteiger partial charge in [0.2, 0.25) is 0 Å². The first-order valence-electron chi connectivity index (χ1n) is 10.2. The highest BCUT2D eigenvalue weighted by Crippen LogP contribution is 2.32. The third-order valence-electron chi connectivity index (χ3n) is 5.73. The Morgan fingerprint density at radius 2 is 1.90 bits per heavy atom. The van der Waals surface area contributed by atoms with E-state index in [9.17, 15) is 4.79 Å². The van der Waals surface area contributed by atoms with E-state index in [0.29, 0.717) is 5.56 Å². The predicted octanol–water partition coefficient (Wildman–Crippen LogP) is 3.31. The van der Waals surface area contributed by atoms with Crippen LogP contribution in [0.1, 0.15) is 57.3 Å². The maximum absolute atomic E-state index is 12.8. The van der Waals surface area contributed by atoms with Crippen molar-refractivity contribution in [2.75, 3.05) is 0 Å². The highest BCUT2D eigenvalue weighted by atomic mass is 16.3. The number of hydrogen-bond donors (Lipinski definition) is 2. The standard InChI is InChI=1S/C22H25N5O.CH2O2/c1-13-12-23-25-21(14(13)2)16-8-10-17(11-9-16)22(28)24-18-6-5-7-19-20(18)15(3)26-27(19)4;2-1-3/h8-12,18H,5-7H2,1-4H3,(H,24,28);1H,(H,2,3). The molecule has 0 spiro atoms. The molecule has 0 aliphatic heterocycles. The fourth-order valence-corrected chi connectivity index (χ4v) is 4.06. The number of amides is 1. The summed E-state index contributed by atoms with van der Waals surface area (Å²) in [6, 6.07) is 7.61. The zero-order valence-corrected chi connectivity index (χ0v) is 18.2. The first kappa shape index (κ1) is 22.1. The molecule has 31 heavy (non-hydrogen) atoms. The third kappa shape index (κ3) is 4.63. The van der Waals surface area contributed by atoms with E-state index in [4.69, 9.17) is 9.90 Å². The highest BCUT2D eigenvalue weighted by Gasteiger charge is 2.27. The van der Waals surface area contributed by atoms with Crippen LogP contribution in [-0.4, -0.2) is 37.5 Å². The number of carbonyl (C=O) groups excluding carboxylic acids is 1. The normalized spacial score (nSPS) is 14.8. The molecule has 8 nitrogen and oxygen atoms in total. The van der Waals surface area contributed by atoms with Gasteiger partial charge in [-0.2, -0.15) is 15.3 Å². The molecule has 2 heterocycles. The smallest absolute Gasteiger partial charge is 0.290 e. The van der Waals surface area contributed by atoms with Crippen LogP contribution >= 0.6 is 0 Å². The summed E-state index contributed by atoms with van der Waals surface area (Å²) in [6.45, 7) is 5.83. The Labute approximate surface area is 181 Å². The molecule has 4 rings (SSSR count). The van der Waals surface area contributed by atoms with Crippen LogP contribution in [-0.2, 0) is 18.3 Å². The molecule has 1 aromatic carbocycles. The monoisotopic (exact) mass is 421 g/mol. The molecule has 0 bridgehead atoms. The molecular formula is C23H27N5O3. The van der Waals surface area contributed by atoms with Gasteiger partial charge in [-0.05, 0) is 63.3 Å². The van der Waals surface area contributed by atoms with Gasteiger partial charge in [0.15, 0.2) is 0 Å². The molecule has 1 aliphatic rings. The molecule has 1 amide bonds. The van der Waals surface area contributed by atoms with Gasteiger partial charge in [-0.15, -0.1) is 0 Å². The summed E-state index contributed by atoms with van der Waals surface area (Å²) in [4.78, 5) is 21.2. The second-order valence-electron chi connectivity index (χ2n) is 7.67. The van der Waals surface area contributed by atoms with E-state index in [2.05, 4.69) is 20.6 Å². The number of rotatable bonds is 3. The number of aromatic nitrogens is 4. The number of aryl methyl sites for hydroxylation is 3. The number of carboxylic acid groups (broad SMARTS) is 1. The van der Waals surface area contributed by atoms with E-state index >= 15 is 0 Å². The van der Waals surface area contributed by atoms with Crippen molar-refractivity contribution in [2.45, 2.75) is 46.1 Å². The molecule has 2 N–H and O–H groups in total. The molecule has 2 aromatic heterocycles. The summed E-state index contributed by atoms with van der Waals surface area (Å²) in [5.41, 5.74) is 8.10. The Balaban J connectivity index is 0.000000858. The first-order chi connectivity index (χ1) is 14.9. The largest absolute Gasteiger partial charge is 0.483 e. The van der Waals surface area contributed by atoms with Crippen molar-refractivity contribution in [2.24, 2.45) is 7.05 Å². The topological polar surface area (TPSA) is 110 Å². The van der Waals surface area contributed by atoms with Crippen LogP contribution in [0, 0.1) is 20.8 Å². The fourth-order valence-electron chi connectivity index (χ4n) is 4.06. The number of carbonyl (C=O) groups is 2. The van der Waals surface area contributed by atoms with E-state index in [1.807, 2.05) is 56.8 Å². The zero-order valence-electron chi connectivity index (χ0n) is 18.2. The quantitative estimate of drug-likeness (QED) is 0.628. The number of nitrogens with zero attached hydrogens (tertiary/aromatic N) is 4. The number of nitrogens with one attached hydrogen (secondary N) is 1. The molecule has 0 saturated heterocycles. The minimum absolute atomic E-state index is 0.0227. The minimum Gasteiger partial charge on any atom is -0.483 e.